The van der Waals surface area contributed by atoms with E-state index >= 15 is 0 Å². The maximum Gasteiger partial charge on any atom is 0.319 e. The van der Waals surface area contributed by atoms with Crippen LogP contribution < -0.4 is 11.1 Å². The van der Waals surface area contributed by atoms with Gasteiger partial charge in [0.05, 0.1) is 0 Å². The summed E-state index contributed by atoms with van der Waals surface area (Å²) >= 11 is 0. The van der Waals surface area contributed by atoms with Gasteiger partial charge in [0.25, 0.3) is 5.91 Å². The number of amides is 3. The third kappa shape index (κ3) is 6.30. The summed E-state index contributed by atoms with van der Waals surface area (Å²) in [5.41, 5.74) is 4.67. The van der Waals surface area contributed by atoms with Gasteiger partial charge in [0.15, 0.2) is 0 Å². The molecule has 4 heteroatoms. The van der Waals surface area contributed by atoms with E-state index in [0.717, 1.165) is 0 Å². The monoisotopic (exact) mass is 154 g/mol. The van der Waals surface area contributed by atoms with Gasteiger partial charge in [0.2, 0.25) is 0 Å². The highest BCUT2D eigenvalue weighted by Gasteiger charge is 1.95. The SMILES string of the molecule is C/C=C/C=C/C(=O)NC(N)=O. The second kappa shape index (κ2) is 5.22. The number of carbonyl (C=O) groups is 2. The lowest BCUT2D eigenvalue weighted by atomic mass is 10.4. The molecule has 0 spiro atoms. The Hall–Kier alpha value is -1.58. The van der Waals surface area contributed by atoms with Gasteiger partial charge < -0.3 is 5.73 Å². The molecule has 60 valence electrons. The van der Waals surface area contributed by atoms with Crippen LogP contribution in [-0.2, 0) is 4.79 Å². The van der Waals surface area contributed by atoms with E-state index in [0.29, 0.717) is 0 Å². The number of hydrogen-bond donors (Lipinski definition) is 2. The normalized spacial score (nSPS) is 10.6. The molecule has 0 unspecified atom stereocenters. The summed E-state index contributed by atoms with van der Waals surface area (Å²) in [6.07, 6.45) is 6.15. The van der Waals surface area contributed by atoms with Crippen molar-refractivity contribution < 1.29 is 9.59 Å². The predicted octanol–water partition coefficient (Wildman–Crippen LogP) is 0.314. The van der Waals surface area contributed by atoms with Crippen LogP contribution >= 0.6 is 0 Å². The van der Waals surface area contributed by atoms with Crippen molar-refractivity contribution >= 4 is 11.9 Å². The van der Waals surface area contributed by atoms with Crippen LogP contribution in [0.25, 0.3) is 0 Å². The molecule has 0 aliphatic heterocycles. The topological polar surface area (TPSA) is 72.2 Å². The van der Waals surface area contributed by atoms with E-state index in [9.17, 15) is 9.59 Å². The molecule has 0 saturated heterocycles. The quantitative estimate of drug-likeness (QED) is 0.444. The van der Waals surface area contributed by atoms with E-state index in [1.165, 1.54) is 12.2 Å². The molecular formula is C7H10N2O2. The van der Waals surface area contributed by atoms with E-state index < -0.39 is 11.9 Å². The zero-order valence-electron chi connectivity index (χ0n) is 6.20. The number of imide groups is 1. The van der Waals surface area contributed by atoms with E-state index in [1.54, 1.807) is 12.2 Å². The van der Waals surface area contributed by atoms with Crippen molar-refractivity contribution in [1.82, 2.24) is 5.32 Å². The highest BCUT2D eigenvalue weighted by atomic mass is 16.2. The number of urea groups is 1. The van der Waals surface area contributed by atoms with Crippen LogP contribution in [0.5, 0.6) is 0 Å². The molecule has 0 radical (unpaired) electrons. The second-order valence-corrected chi connectivity index (χ2v) is 1.74. The summed E-state index contributed by atoms with van der Waals surface area (Å²) in [6.45, 7) is 1.82. The van der Waals surface area contributed by atoms with Crippen molar-refractivity contribution in [2.45, 2.75) is 6.92 Å². The summed E-state index contributed by atoms with van der Waals surface area (Å²) < 4.78 is 0. The molecule has 0 atom stereocenters. The van der Waals surface area contributed by atoms with E-state index in [-0.39, 0.29) is 0 Å². The lowest BCUT2D eigenvalue weighted by Crippen LogP contribution is -2.33. The fourth-order valence-electron chi connectivity index (χ4n) is 0.417. The number of nitrogens with two attached hydrogens (primary N) is 1. The highest BCUT2D eigenvalue weighted by molar-refractivity contribution is 5.99. The first kappa shape index (κ1) is 9.42. The Morgan fingerprint density at radius 2 is 2.00 bits per heavy atom. The summed E-state index contributed by atoms with van der Waals surface area (Å²) in [6, 6.07) is -0.847. The van der Waals surface area contributed by atoms with E-state index in [4.69, 9.17) is 0 Å². The van der Waals surface area contributed by atoms with Gasteiger partial charge in [-0.05, 0) is 6.92 Å². The molecule has 0 fully saturated rings. The van der Waals surface area contributed by atoms with Crippen LogP contribution in [0.2, 0.25) is 0 Å². The molecule has 0 aliphatic rings. The Kier molecular flexibility index (Phi) is 4.47. The fourth-order valence-corrected chi connectivity index (χ4v) is 0.417. The van der Waals surface area contributed by atoms with Crippen LogP contribution in [0.3, 0.4) is 0 Å². The molecule has 4 nitrogen and oxygen atoms in total. The van der Waals surface area contributed by atoms with Gasteiger partial charge in [-0.2, -0.15) is 0 Å². The smallest absolute Gasteiger partial charge is 0.319 e. The number of nitrogens with one attached hydrogen (secondary N) is 1. The van der Waals surface area contributed by atoms with Crippen molar-refractivity contribution in [3.8, 4) is 0 Å². The fraction of sp³-hybridized carbons (Fsp3) is 0.143. The van der Waals surface area contributed by atoms with Gasteiger partial charge in [-0.1, -0.05) is 18.2 Å². The first-order valence-electron chi connectivity index (χ1n) is 3.06. The van der Waals surface area contributed by atoms with Gasteiger partial charge in [0.1, 0.15) is 0 Å². The number of rotatable bonds is 2. The second-order valence-electron chi connectivity index (χ2n) is 1.74. The van der Waals surface area contributed by atoms with Crippen molar-refractivity contribution in [2.24, 2.45) is 5.73 Å². The third-order valence-electron chi connectivity index (χ3n) is 0.798. The Morgan fingerprint density at radius 3 is 2.45 bits per heavy atom. The van der Waals surface area contributed by atoms with E-state index in [2.05, 4.69) is 5.73 Å². The molecule has 0 heterocycles. The molecule has 0 aliphatic carbocycles. The first-order chi connectivity index (χ1) is 5.16. The number of hydrogen-bond acceptors (Lipinski definition) is 2. The van der Waals surface area contributed by atoms with Gasteiger partial charge in [-0.3, -0.25) is 10.1 Å². The van der Waals surface area contributed by atoms with Crippen LogP contribution in [0.15, 0.2) is 24.3 Å². The van der Waals surface area contributed by atoms with E-state index in [1.807, 2.05) is 12.2 Å². The lowest BCUT2D eigenvalue weighted by molar-refractivity contribution is -0.115. The molecular weight excluding hydrogens is 144 g/mol. The molecule has 3 N–H and O–H groups in total. The molecule has 0 saturated carbocycles. The average Bonchev–Trinajstić information content (AvgIpc) is 1.86. The van der Waals surface area contributed by atoms with Gasteiger partial charge in [0, 0.05) is 6.08 Å². The lowest BCUT2D eigenvalue weighted by Gasteiger charge is -1.90. The summed E-state index contributed by atoms with van der Waals surface area (Å²) in [4.78, 5) is 20.7. The zero-order valence-corrected chi connectivity index (χ0v) is 6.20. The summed E-state index contributed by atoms with van der Waals surface area (Å²) in [7, 11) is 0. The molecule has 0 aromatic carbocycles. The van der Waals surface area contributed by atoms with Crippen LogP contribution in [0.4, 0.5) is 4.79 Å². The number of carbonyl (C=O) groups excluding carboxylic acids is 2. The Bertz CT molecular complexity index is 206. The minimum Gasteiger partial charge on any atom is -0.351 e. The van der Waals surface area contributed by atoms with Crippen molar-refractivity contribution in [1.29, 1.82) is 0 Å². The van der Waals surface area contributed by atoms with Gasteiger partial charge >= 0.3 is 6.03 Å². The molecule has 0 rings (SSSR count). The number of allylic oxidation sites excluding steroid dienone is 3. The van der Waals surface area contributed by atoms with Crippen LogP contribution in [0, 0.1) is 0 Å². The first-order valence-corrected chi connectivity index (χ1v) is 3.06. The Morgan fingerprint density at radius 1 is 1.36 bits per heavy atom. The Labute approximate surface area is 64.8 Å². The predicted molar refractivity (Wildman–Crippen MR) is 41.7 cm³/mol. The molecule has 0 aromatic rings. The zero-order chi connectivity index (χ0) is 8.69. The Balaban J connectivity index is 3.78. The summed E-state index contributed by atoms with van der Waals surface area (Å²) in [5.74, 6) is -0.518. The van der Waals surface area contributed by atoms with Gasteiger partial charge in [-0.25, -0.2) is 4.79 Å². The minimum absolute atomic E-state index is 0.518. The highest BCUT2D eigenvalue weighted by Crippen LogP contribution is 1.76. The van der Waals surface area contributed by atoms with Crippen molar-refractivity contribution in [2.75, 3.05) is 0 Å². The standard InChI is InChI=1S/C7H10N2O2/c1-2-3-4-5-6(10)9-7(8)11/h2-5H,1H3,(H3,8,9,10,11)/b3-2+,5-4+. The minimum atomic E-state index is -0.847. The van der Waals surface area contributed by atoms with Crippen LogP contribution in [0.1, 0.15) is 6.92 Å². The molecule has 0 bridgehead atoms. The third-order valence-corrected chi connectivity index (χ3v) is 0.798. The van der Waals surface area contributed by atoms with Crippen LogP contribution in [-0.4, -0.2) is 11.9 Å². The maximum absolute atomic E-state index is 10.6. The maximum atomic E-state index is 10.6. The van der Waals surface area contributed by atoms with Crippen molar-refractivity contribution in [3.05, 3.63) is 24.3 Å². The molecule has 11 heavy (non-hydrogen) atoms. The number of primary amides is 1. The molecule has 0 aromatic heterocycles. The van der Waals surface area contributed by atoms with Crippen molar-refractivity contribution in [3.63, 3.8) is 0 Å². The molecule has 3 amide bonds. The largest absolute Gasteiger partial charge is 0.351 e. The van der Waals surface area contributed by atoms with Gasteiger partial charge in [-0.15, -0.1) is 0 Å². The summed E-state index contributed by atoms with van der Waals surface area (Å²) in [5, 5.41) is 1.88. The average molecular weight is 154 g/mol.